The van der Waals surface area contributed by atoms with Gasteiger partial charge in [-0.25, -0.2) is 0 Å². The van der Waals surface area contributed by atoms with Gasteiger partial charge in [0, 0.05) is 0 Å². The van der Waals surface area contributed by atoms with Gasteiger partial charge in [-0.1, -0.05) is 18.2 Å². The van der Waals surface area contributed by atoms with Crippen molar-refractivity contribution >= 4 is 0 Å². The zero-order valence-corrected chi connectivity index (χ0v) is 6.26. The molecule has 0 aliphatic rings. The fourth-order valence-corrected chi connectivity index (χ4v) is 0.342. The second-order valence-corrected chi connectivity index (χ2v) is 2.15. The molecule has 0 aromatic heterocycles. The first-order chi connectivity index (χ1) is 4.54. The Morgan fingerprint density at radius 3 is 2.00 bits per heavy atom. The number of rotatable bonds is 2. The third kappa shape index (κ3) is 3.78. The van der Waals surface area contributed by atoms with Gasteiger partial charge in [-0.3, -0.25) is 0 Å². The normalized spacial score (nSPS) is 13.4. The summed E-state index contributed by atoms with van der Waals surface area (Å²) in [5.41, 5.74) is 0.827. The van der Waals surface area contributed by atoms with Crippen LogP contribution >= 0.6 is 0 Å². The van der Waals surface area contributed by atoms with E-state index >= 15 is 0 Å². The lowest BCUT2D eigenvalue weighted by atomic mass is 10.3. The Bertz CT molecular complexity index is 183. The van der Waals surface area contributed by atoms with Gasteiger partial charge in [0.1, 0.15) is 5.76 Å². The van der Waals surface area contributed by atoms with E-state index in [-0.39, 0.29) is 11.5 Å². The molecule has 2 N–H and O–H groups in total. The van der Waals surface area contributed by atoms with Gasteiger partial charge in [0.25, 0.3) is 0 Å². The van der Waals surface area contributed by atoms with E-state index in [9.17, 15) is 0 Å². The largest absolute Gasteiger partial charge is 0.509 e. The van der Waals surface area contributed by atoms with E-state index in [0.717, 1.165) is 5.57 Å². The number of aliphatic hydroxyl groups is 2. The Hall–Kier alpha value is -1.18. The third-order valence-corrected chi connectivity index (χ3v) is 0.896. The highest BCUT2D eigenvalue weighted by atomic mass is 16.3. The van der Waals surface area contributed by atoms with E-state index in [0.29, 0.717) is 0 Å². The van der Waals surface area contributed by atoms with Gasteiger partial charge >= 0.3 is 0 Å². The van der Waals surface area contributed by atoms with Crippen molar-refractivity contribution in [2.45, 2.75) is 13.8 Å². The van der Waals surface area contributed by atoms with Gasteiger partial charge in [0.05, 0.1) is 0 Å². The molecule has 0 heterocycles. The van der Waals surface area contributed by atoms with E-state index in [1.54, 1.807) is 13.0 Å². The molecule has 0 unspecified atom stereocenters. The van der Waals surface area contributed by atoms with Crippen molar-refractivity contribution in [3.63, 3.8) is 0 Å². The first-order valence-corrected chi connectivity index (χ1v) is 2.96. The second kappa shape index (κ2) is 3.77. The maximum absolute atomic E-state index is 8.88. The van der Waals surface area contributed by atoms with Crippen molar-refractivity contribution in [1.29, 1.82) is 0 Å². The molecule has 0 aliphatic heterocycles. The smallest absolute Gasteiger partial charge is 0.152 e. The molecule has 2 heteroatoms. The van der Waals surface area contributed by atoms with Gasteiger partial charge in [-0.05, 0) is 19.9 Å². The zero-order valence-electron chi connectivity index (χ0n) is 6.26. The molecule has 0 rings (SSSR count). The van der Waals surface area contributed by atoms with Crippen molar-refractivity contribution in [1.82, 2.24) is 0 Å². The molecule has 0 bridgehead atoms. The predicted octanol–water partition coefficient (Wildman–Crippen LogP) is 2.47. The van der Waals surface area contributed by atoms with Gasteiger partial charge in [-0.2, -0.15) is 0 Å². The predicted molar refractivity (Wildman–Crippen MR) is 41.9 cm³/mol. The van der Waals surface area contributed by atoms with Crippen LogP contribution in [0.5, 0.6) is 0 Å². The lowest BCUT2D eigenvalue weighted by molar-refractivity contribution is 0.340. The molecule has 0 atom stereocenters. The van der Waals surface area contributed by atoms with Crippen LogP contribution in [0.2, 0.25) is 0 Å². The Kier molecular flexibility index (Phi) is 3.33. The van der Waals surface area contributed by atoms with Gasteiger partial charge in [-0.15, -0.1) is 0 Å². The van der Waals surface area contributed by atoms with Crippen LogP contribution in [0, 0.1) is 0 Å². The van der Waals surface area contributed by atoms with Crippen LogP contribution in [0.25, 0.3) is 0 Å². The highest BCUT2D eigenvalue weighted by Gasteiger charge is 1.89. The van der Waals surface area contributed by atoms with Crippen LogP contribution in [0.4, 0.5) is 0 Å². The molecule has 0 fully saturated rings. The van der Waals surface area contributed by atoms with Gasteiger partial charge in [0.15, 0.2) is 5.76 Å². The van der Waals surface area contributed by atoms with Crippen molar-refractivity contribution < 1.29 is 10.2 Å². The summed E-state index contributed by atoms with van der Waals surface area (Å²) >= 11 is 0. The number of hydrogen-bond acceptors (Lipinski definition) is 2. The highest BCUT2D eigenvalue weighted by Crippen LogP contribution is 1.99. The van der Waals surface area contributed by atoms with E-state index in [1.807, 2.05) is 0 Å². The maximum atomic E-state index is 8.88. The third-order valence-electron chi connectivity index (χ3n) is 0.896. The van der Waals surface area contributed by atoms with E-state index in [2.05, 4.69) is 6.58 Å². The van der Waals surface area contributed by atoms with Crippen molar-refractivity contribution in [3.05, 3.63) is 35.8 Å². The molecule has 0 amide bonds. The average Bonchev–Trinajstić information content (AvgIpc) is 1.82. The van der Waals surface area contributed by atoms with Crippen molar-refractivity contribution in [2.75, 3.05) is 0 Å². The minimum absolute atomic E-state index is 0.0856. The summed E-state index contributed by atoms with van der Waals surface area (Å²) in [6.07, 6.45) is 3.02. The topological polar surface area (TPSA) is 40.5 Å². The number of hydrogen-bond donors (Lipinski definition) is 2. The van der Waals surface area contributed by atoms with Crippen LogP contribution in [-0.4, -0.2) is 10.2 Å². The molecule has 56 valence electrons. The highest BCUT2D eigenvalue weighted by molar-refractivity contribution is 5.21. The summed E-state index contributed by atoms with van der Waals surface area (Å²) in [5, 5.41) is 17.6. The zero-order chi connectivity index (χ0) is 8.15. The quantitative estimate of drug-likeness (QED) is 0.457. The summed E-state index contributed by atoms with van der Waals surface area (Å²) in [5.74, 6) is -0.208. The lowest BCUT2D eigenvalue weighted by Crippen LogP contribution is -1.80. The van der Waals surface area contributed by atoms with Crippen LogP contribution < -0.4 is 0 Å². The molecule has 0 saturated heterocycles. The van der Waals surface area contributed by atoms with E-state index in [1.165, 1.54) is 13.0 Å². The fourth-order valence-electron chi connectivity index (χ4n) is 0.342. The van der Waals surface area contributed by atoms with E-state index < -0.39 is 0 Å². The maximum Gasteiger partial charge on any atom is 0.152 e. The first kappa shape index (κ1) is 8.82. The van der Waals surface area contributed by atoms with Crippen LogP contribution in [0.15, 0.2) is 35.8 Å². The molecule has 0 aliphatic carbocycles. The standard InChI is InChI=1S/C8H12O2/c1-6(2)4-5-8(10)7(3)9/h4-5,9-10H,1H2,2-3H3/b5-4-,8-7-. The molecule has 0 saturated carbocycles. The lowest BCUT2D eigenvalue weighted by Gasteiger charge is -1.91. The molecule has 0 spiro atoms. The summed E-state index contributed by atoms with van der Waals surface area (Å²) in [4.78, 5) is 0. The van der Waals surface area contributed by atoms with Crippen molar-refractivity contribution in [2.24, 2.45) is 0 Å². The van der Waals surface area contributed by atoms with Crippen LogP contribution in [0.1, 0.15) is 13.8 Å². The number of aliphatic hydroxyl groups excluding tert-OH is 2. The summed E-state index contributed by atoms with van der Waals surface area (Å²) in [6, 6.07) is 0. The summed E-state index contributed by atoms with van der Waals surface area (Å²) in [6.45, 7) is 6.80. The average molecular weight is 140 g/mol. The molecule has 0 aromatic rings. The molecule has 0 aromatic carbocycles. The monoisotopic (exact) mass is 140 g/mol. The fraction of sp³-hybridized carbons (Fsp3) is 0.250. The Morgan fingerprint density at radius 2 is 1.70 bits per heavy atom. The molecule has 0 radical (unpaired) electrons. The molecule has 2 nitrogen and oxygen atoms in total. The van der Waals surface area contributed by atoms with E-state index in [4.69, 9.17) is 10.2 Å². The molecular formula is C8H12O2. The van der Waals surface area contributed by atoms with Gasteiger partial charge in [0.2, 0.25) is 0 Å². The van der Waals surface area contributed by atoms with Crippen molar-refractivity contribution in [3.8, 4) is 0 Å². The second-order valence-electron chi connectivity index (χ2n) is 2.15. The number of allylic oxidation sites excluding steroid dienone is 4. The molecule has 10 heavy (non-hydrogen) atoms. The van der Waals surface area contributed by atoms with Crippen LogP contribution in [-0.2, 0) is 0 Å². The Balaban J connectivity index is 4.16. The molecular weight excluding hydrogens is 128 g/mol. The van der Waals surface area contributed by atoms with Gasteiger partial charge < -0.3 is 10.2 Å². The summed E-state index contributed by atoms with van der Waals surface area (Å²) in [7, 11) is 0. The Labute approximate surface area is 60.8 Å². The minimum Gasteiger partial charge on any atom is -0.509 e. The SMILES string of the molecule is C=C(C)/C=C\C(O)=C(/C)O. The Morgan fingerprint density at radius 1 is 1.20 bits per heavy atom. The minimum atomic E-state index is -0.122. The van der Waals surface area contributed by atoms with Crippen LogP contribution in [0.3, 0.4) is 0 Å². The first-order valence-electron chi connectivity index (χ1n) is 2.96. The summed E-state index contributed by atoms with van der Waals surface area (Å²) < 4.78 is 0.